The predicted octanol–water partition coefficient (Wildman–Crippen LogP) is 3.89. The number of carbonyl (C=O) groups is 2. The number of nitrogens with zero attached hydrogens (tertiary/aromatic N) is 1. The van der Waals surface area contributed by atoms with Crippen molar-refractivity contribution in [2.24, 2.45) is 0 Å². The molecule has 6 rings (SSSR count). The lowest BCUT2D eigenvalue weighted by Gasteiger charge is -2.27. The number of ether oxygens (including phenoxy) is 1. The Balaban J connectivity index is 1.26. The molecule has 0 bridgehead atoms. The molecule has 1 saturated heterocycles. The topological polar surface area (TPSA) is 46.6 Å². The van der Waals surface area contributed by atoms with E-state index in [0.717, 1.165) is 29.9 Å². The Morgan fingerprint density at radius 3 is 2.46 bits per heavy atom. The summed E-state index contributed by atoms with van der Waals surface area (Å²) in [5.74, 6) is 0.668. The van der Waals surface area contributed by atoms with Gasteiger partial charge < -0.3 is 9.64 Å². The fourth-order valence-corrected chi connectivity index (χ4v) is 5.15. The number of esters is 1. The zero-order valence-corrected chi connectivity index (χ0v) is 15.8. The molecule has 1 amide bonds. The van der Waals surface area contributed by atoms with E-state index < -0.39 is 5.60 Å². The molecule has 1 unspecified atom stereocenters. The Hall–Kier alpha value is -2.62. The summed E-state index contributed by atoms with van der Waals surface area (Å²) in [4.78, 5) is 27.7. The molecule has 3 fully saturated rings. The molecule has 28 heavy (non-hydrogen) atoms. The predicted molar refractivity (Wildman–Crippen MR) is 104 cm³/mol. The second kappa shape index (κ2) is 5.47. The van der Waals surface area contributed by atoms with Crippen molar-refractivity contribution < 1.29 is 14.3 Å². The second-order valence-corrected chi connectivity index (χ2v) is 8.88. The lowest BCUT2D eigenvalue weighted by Crippen LogP contribution is -2.40. The lowest BCUT2D eigenvalue weighted by molar-refractivity contribution is -0.134. The van der Waals surface area contributed by atoms with Crippen LogP contribution >= 0.6 is 0 Å². The summed E-state index contributed by atoms with van der Waals surface area (Å²) in [5, 5.41) is 0. The summed E-state index contributed by atoms with van der Waals surface area (Å²) in [7, 11) is 0. The molecule has 0 radical (unpaired) electrons. The minimum atomic E-state index is -0.657. The third-order valence-electron chi connectivity index (χ3n) is 7.12. The van der Waals surface area contributed by atoms with Gasteiger partial charge in [-0.15, -0.1) is 0 Å². The Kier molecular flexibility index (Phi) is 3.19. The van der Waals surface area contributed by atoms with E-state index in [1.54, 1.807) is 0 Å². The van der Waals surface area contributed by atoms with Crippen LogP contribution in [0.2, 0.25) is 0 Å². The molecule has 1 atom stereocenters. The highest BCUT2D eigenvalue weighted by molar-refractivity contribution is 5.96. The number of carbonyl (C=O) groups excluding carboxylic acids is 2. The Morgan fingerprint density at radius 1 is 1.00 bits per heavy atom. The maximum Gasteiger partial charge on any atom is 0.339 e. The van der Waals surface area contributed by atoms with Crippen LogP contribution < -0.4 is 0 Å². The molecular weight excluding hydrogens is 350 g/mol. The van der Waals surface area contributed by atoms with Crippen molar-refractivity contribution in [1.82, 2.24) is 4.90 Å². The smallest absolute Gasteiger partial charge is 0.339 e. The van der Waals surface area contributed by atoms with E-state index in [2.05, 4.69) is 24.3 Å². The average Bonchev–Trinajstić information content (AvgIpc) is 3.65. The first-order valence-corrected chi connectivity index (χ1v) is 10.3. The van der Waals surface area contributed by atoms with Crippen molar-refractivity contribution in [3.8, 4) is 0 Å². The van der Waals surface area contributed by atoms with E-state index in [1.165, 1.54) is 18.4 Å². The lowest BCUT2D eigenvalue weighted by atomic mass is 9.91. The van der Waals surface area contributed by atoms with Crippen LogP contribution in [0.3, 0.4) is 0 Å². The van der Waals surface area contributed by atoms with Gasteiger partial charge in [-0.2, -0.15) is 0 Å². The van der Waals surface area contributed by atoms with E-state index in [0.29, 0.717) is 25.1 Å². The van der Waals surface area contributed by atoms with Crippen LogP contribution in [0.1, 0.15) is 65.1 Å². The van der Waals surface area contributed by atoms with Crippen LogP contribution in [0.4, 0.5) is 0 Å². The van der Waals surface area contributed by atoms with Gasteiger partial charge in [0.25, 0.3) is 0 Å². The zero-order chi connectivity index (χ0) is 18.9. The quantitative estimate of drug-likeness (QED) is 0.767. The van der Waals surface area contributed by atoms with Crippen LogP contribution in [0.5, 0.6) is 0 Å². The Morgan fingerprint density at radius 2 is 1.75 bits per heavy atom. The van der Waals surface area contributed by atoms with Gasteiger partial charge in [-0.3, -0.25) is 4.79 Å². The van der Waals surface area contributed by atoms with Crippen molar-refractivity contribution in [2.75, 3.05) is 13.1 Å². The molecule has 0 N–H and O–H groups in total. The van der Waals surface area contributed by atoms with Crippen molar-refractivity contribution in [3.63, 3.8) is 0 Å². The number of hydrogen-bond acceptors (Lipinski definition) is 3. The van der Waals surface area contributed by atoms with Crippen LogP contribution in [0.25, 0.3) is 0 Å². The van der Waals surface area contributed by atoms with Crippen LogP contribution in [-0.2, 0) is 20.5 Å². The minimum absolute atomic E-state index is 0.198. The number of rotatable bonds is 3. The summed E-state index contributed by atoms with van der Waals surface area (Å²) in [5.41, 5.74) is 3.11. The van der Waals surface area contributed by atoms with Gasteiger partial charge >= 0.3 is 5.97 Å². The molecule has 2 saturated carbocycles. The van der Waals surface area contributed by atoms with Gasteiger partial charge in [0.15, 0.2) is 5.60 Å². The summed E-state index contributed by atoms with van der Waals surface area (Å²) in [6, 6.07) is 16.3. The standard InChI is InChI=1S/C24H23NO3/c26-21-19-3-1-2-4-20(19)24(28-21)13-14-25(15-24)22(27)23(11-12-23)18-9-7-17(8-10-18)16-5-6-16/h1-4,7-10,16H,5-6,11-15H2. The highest BCUT2D eigenvalue weighted by Gasteiger charge is 2.57. The fraction of sp³-hybridized carbons (Fsp3) is 0.417. The van der Waals surface area contributed by atoms with Crippen molar-refractivity contribution in [2.45, 2.75) is 49.0 Å². The third kappa shape index (κ3) is 2.24. The van der Waals surface area contributed by atoms with Gasteiger partial charge in [0, 0.05) is 18.5 Å². The van der Waals surface area contributed by atoms with Gasteiger partial charge in [-0.1, -0.05) is 42.5 Å². The van der Waals surface area contributed by atoms with E-state index in [4.69, 9.17) is 4.74 Å². The van der Waals surface area contributed by atoms with Gasteiger partial charge in [-0.05, 0) is 48.8 Å². The molecule has 4 heteroatoms. The van der Waals surface area contributed by atoms with Gasteiger partial charge in [0.05, 0.1) is 17.5 Å². The molecule has 2 heterocycles. The molecule has 0 aromatic heterocycles. The highest BCUT2D eigenvalue weighted by atomic mass is 16.6. The normalized spacial score (nSPS) is 27.0. The SMILES string of the molecule is O=C1OC2(CCN(C(=O)C3(c4ccc(C5CC5)cc4)CC3)C2)c2ccccc21. The van der Waals surface area contributed by atoms with Gasteiger partial charge in [-0.25, -0.2) is 4.79 Å². The number of amides is 1. The average molecular weight is 373 g/mol. The van der Waals surface area contributed by atoms with E-state index in [9.17, 15) is 9.59 Å². The molecule has 2 aliphatic heterocycles. The van der Waals surface area contributed by atoms with Crippen LogP contribution in [-0.4, -0.2) is 29.9 Å². The van der Waals surface area contributed by atoms with E-state index >= 15 is 0 Å². The third-order valence-corrected chi connectivity index (χ3v) is 7.12. The van der Waals surface area contributed by atoms with E-state index in [1.807, 2.05) is 29.2 Å². The maximum atomic E-state index is 13.5. The second-order valence-electron chi connectivity index (χ2n) is 8.88. The Bertz CT molecular complexity index is 987. The molecule has 142 valence electrons. The van der Waals surface area contributed by atoms with Crippen molar-refractivity contribution >= 4 is 11.9 Å². The summed E-state index contributed by atoms with van der Waals surface area (Å²) in [6.07, 6.45) is 5.08. The molecule has 1 spiro atoms. The van der Waals surface area contributed by atoms with Crippen molar-refractivity contribution in [1.29, 1.82) is 0 Å². The molecule has 2 aliphatic carbocycles. The monoisotopic (exact) mass is 373 g/mol. The molecule has 4 nitrogen and oxygen atoms in total. The summed E-state index contributed by atoms with van der Waals surface area (Å²) >= 11 is 0. The first-order chi connectivity index (χ1) is 13.6. The van der Waals surface area contributed by atoms with E-state index in [-0.39, 0.29) is 17.3 Å². The minimum Gasteiger partial charge on any atom is -0.449 e. The van der Waals surface area contributed by atoms with Crippen LogP contribution in [0, 0.1) is 0 Å². The number of fused-ring (bicyclic) bond motifs is 2. The number of benzene rings is 2. The number of hydrogen-bond donors (Lipinski definition) is 0. The maximum absolute atomic E-state index is 13.5. The number of likely N-dealkylation sites (tertiary alicyclic amines) is 1. The van der Waals surface area contributed by atoms with Crippen LogP contribution in [0.15, 0.2) is 48.5 Å². The molecule has 2 aromatic rings. The van der Waals surface area contributed by atoms with Gasteiger partial charge in [0.2, 0.25) is 5.91 Å². The van der Waals surface area contributed by atoms with Gasteiger partial charge in [0.1, 0.15) is 0 Å². The molecule has 4 aliphatic rings. The fourth-order valence-electron chi connectivity index (χ4n) is 5.15. The zero-order valence-electron chi connectivity index (χ0n) is 15.8. The molecule has 2 aromatic carbocycles. The summed E-state index contributed by atoms with van der Waals surface area (Å²) < 4.78 is 5.82. The molecular formula is C24H23NO3. The van der Waals surface area contributed by atoms with Crippen molar-refractivity contribution in [3.05, 3.63) is 70.8 Å². The first-order valence-electron chi connectivity index (χ1n) is 10.3. The largest absolute Gasteiger partial charge is 0.449 e. The Labute approximate surface area is 164 Å². The first kappa shape index (κ1) is 16.3. The highest BCUT2D eigenvalue weighted by Crippen LogP contribution is 2.52. The summed E-state index contributed by atoms with van der Waals surface area (Å²) in [6.45, 7) is 1.11.